The molecule has 0 radical (unpaired) electrons. The quantitative estimate of drug-likeness (QED) is 0.569. The number of likely N-dealkylation sites (tertiary alicyclic amines) is 1. The van der Waals surface area contributed by atoms with Crippen molar-refractivity contribution < 1.29 is 0 Å². The third kappa shape index (κ3) is 3.08. The van der Waals surface area contributed by atoms with Crippen molar-refractivity contribution in [1.82, 2.24) is 4.90 Å². The van der Waals surface area contributed by atoms with Crippen LogP contribution in [0.15, 0.2) is 72.8 Å². The lowest BCUT2D eigenvalue weighted by Gasteiger charge is -2.33. The van der Waals surface area contributed by atoms with Crippen LogP contribution in [0.25, 0.3) is 10.8 Å². The van der Waals surface area contributed by atoms with E-state index in [0.717, 1.165) is 12.3 Å². The van der Waals surface area contributed by atoms with Crippen molar-refractivity contribution >= 4 is 10.8 Å². The minimum Gasteiger partial charge on any atom is -0.299 e. The monoisotopic (exact) mass is 355 g/mol. The smallest absolute Gasteiger partial charge is 0.0205 e. The van der Waals surface area contributed by atoms with Crippen molar-refractivity contribution in [3.05, 3.63) is 83.9 Å². The van der Waals surface area contributed by atoms with Crippen LogP contribution in [0.4, 0.5) is 0 Å². The van der Waals surface area contributed by atoms with Crippen molar-refractivity contribution in [2.45, 2.75) is 44.1 Å². The third-order valence-corrected chi connectivity index (χ3v) is 7.03. The molecule has 0 bridgehead atoms. The maximum atomic E-state index is 2.79. The second-order valence-corrected chi connectivity index (χ2v) is 8.78. The Bertz CT molecular complexity index is 918. The van der Waals surface area contributed by atoms with Crippen molar-refractivity contribution in [1.29, 1.82) is 0 Å². The van der Waals surface area contributed by atoms with Crippen LogP contribution in [0.1, 0.15) is 37.3 Å². The molecule has 1 saturated heterocycles. The lowest BCUT2D eigenvalue weighted by molar-refractivity contribution is 0.172. The van der Waals surface area contributed by atoms with E-state index in [-0.39, 0.29) is 5.41 Å². The van der Waals surface area contributed by atoms with Crippen molar-refractivity contribution in [2.75, 3.05) is 13.1 Å². The van der Waals surface area contributed by atoms with Crippen LogP contribution in [-0.2, 0) is 11.8 Å². The number of hydrogen-bond acceptors (Lipinski definition) is 1. The molecule has 0 aromatic heterocycles. The first-order chi connectivity index (χ1) is 13.3. The van der Waals surface area contributed by atoms with Gasteiger partial charge in [0.05, 0.1) is 0 Å². The summed E-state index contributed by atoms with van der Waals surface area (Å²) in [5.74, 6) is 0.893. The highest BCUT2D eigenvalue weighted by molar-refractivity contribution is 5.85. The summed E-state index contributed by atoms with van der Waals surface area (Å²) in [6, 6.07) is 27.7. The van der Waals surface area contributed by atoms with Gasteiger partial charge in [0, 0.05) is 11.5 Å². The van der Waals surface area contributed by atoms with Crippen molar-refractivity contribution in [2.24, 2.45) is 5.92 Å². The molecule has 2 fully saturated rings. The fourth-order valence-electron chi connectivity index (χ4n) is 5.26. The summed E-state index contributed by atoms with van der Waals surface area (Å²) in [5, 5.41) is 2.79. The van der Waals surface area contributed by atoms with E-state index in [9.17, 15) is 0 Å². The van der Waals surface area contributed by atoms with E-state index in [1.165, 1.54) is 54.3 Å². The van der Waals surface area contributed by atoms with Crippen LogP contribution in [0.5, 0.6) is 0 Å². The Morgan fingerprint density at radius 1 is 0.852 bits per heavy atom. The van der Waals surface area contributed by atoms with E-state index in [1.807, 2.05) is 0 Å². The molecule has 5 rings (SSSR count). The molecule has 2 atom stereocenters. The first-order valence-corrected chi connectivity index (χ1v) is 10.5. The number of rotatable bonds is 4. The standard InChI is InChI=1S/C26H29N/c1-20-14-16-27(17-15-20)25-19-26(25,23-11-3-2-4-12-23)18-22-10-7-9-21-8-5-6-13-24(21)22/h2-13,20,25H,14-19H2,1H3. The number of hydrogen-bond donors (Lipinski definition) is 0. The second-order valence-electron chi connectivity index (χ2n) is 8.78. The number of fused-ring (bicyclic) bond motifs is 1. The first kappa shape index (κ1) is 17.0. The minimum atomic E-state index is 0.284. The maximum Gasteiger partial charge on any atom is 0.0205 e. The van der Waals surface area contributed by atoms with E-state index in [1.54, 1.807) is 0 Å². The zero-order chi connectivity index (χ0) is 18.3. The summed E-state index contributed by atoms with van der Waals surface area (Å²) >= 11 is 0. The van der Waals surface area contributed by atoms with Gasteiger partial charge in [-0.15, -0.1) is 0 Å². The number of benzene rings is 3. The van der Waals surface area contributed by atoms with Crippen LogP contribution in [-0.4, -0.2) is 24.0 Å². The van der Waals surface area contributed by atoms with Gasteiger partial charge in [0.25, 0.3) is 0 Å². The van der Waals surface area contributed by atoms with Crippen LogP contribution < -0.4 is 0 Å². The Hall–Kier alpha value is -2.12. The molecule has 27 heavy (non-hydrogen) atoms. The number of nitrogens with zero attached hydrogens (tertiary/aromatic N) is 1. The van der Waals surface area contributed by atoms with E-state index in [2.05, 4.69) is 84.6 Å². The molecule has 1 heteroatoms. The predicted octanol–water partition coefficient (Wildman–Crippen LogP) is 5.82. The van der Waals surface area contributed by atoms with Gasteiger partial charge in [0.15, 0.2) is 0 Å². The van der Waals surface area contributed by atoms with Crippen LogP contribution in [0, 0.1) is 5.92 Å². The summed E-state index contributed by atoms with van der Waals surface area (Å²) in [6.07, 6.45) is 5.16. The Morgan fingerprint density at radius 3 is 2.37 bits per heavy atom. The van der Waals surface area contributed by atoms with Gasteiger partial charge in [-0.3, -0.25) is 4.90 Å². The normalized spacial score (nSPS) is 26.3. The fraction of sp³-hybridized carbons (Fsp3) is 0.385. The molecule has 3 aromatic rings. The third-order valence-electron chi connectivity index (χ3n) is 7.03. The second kappa shape index (κ2) is 6.80. The lowest BCUT2D eigenvalue weighted by Crippen LogP contribution is -2.38. The van der Waals surface area contributed by atoms with Crippen LogP contribution >= 0.6 is 0 Å². The molecule has 1 saturated carbocycles. The van der Waals surface area contributed by atoms with Gasteiger partial charge in [0.2, 0.25) is 0 Å². The van der Waals surface area contributed by atoms with Gasteiger partial charge >= 0.3 is 0 Å². The molecule has 2 aliphatic rings. The van der Waals surface area contributed by atoms with Crippen LogP contribution in [0.3, 0.4) is 0 Å². The molecule has 0 spiro atoms. The zero-order valence-electron chi connectivity index (χ0n) is 16.3. The molecule has 3 aromatic carbocycles. The molecule has 2 unspecified atom stereocenters. The molecule has 138 valence electrons. The van der Waals surface area contributed by atoms with Gasteiger partial charge < -0.3 is 0 Å². The van der Waals surface area contributed by atoms with Crippen molar-refractivity contribution in [3.8, 4) is 0 Å². The lowest BCUT2D eigenvalue weighted by atomic mass is 9.85. The average Bonchev–Trinajstić information content (AvgIpc) is 3.45. The summed E-state index contributed by atoms with van der Waals surface area (Å²) in [4.78, 5) is 2.79. The maximum absolute atomic E-state index is 2.79. The Kier molecular flexibility index (Phi) is 4.28. The summed E-state index contributed by atoms with van der Waals surface area (Å²) in [5.41, 5.74) is 3.32. The summed E-state index contributed by atoms with van der Waals surface area (Å²) in [7, 11) is 0. The molecule has 0 N–H and O–H groups in total. The first-order valence-electron chi connectivity index (χ1n) is 10.5. The molecular weight excluding hydrogens is 326 g/mol. The minimum absolute atomic E-state index is 0.284. The highest BCUT2D eigenvalue weighted by Gasteiger charge is 2.57. The largest absolute Gasteiger partial charge is 0.299 e. The van der Waals surface area contributed by atoms with Crippen molar-refractivity contribution in [3.63, 3.8) is 0 Å². The summed E-state index contributed by atoms with van der Waals surface area (Å²) in [6.45, 7) is 4.96. The molecular formula is C26H29N. The average molecular weight is 356 g/mol. The Balaban J connectivity index is 1.50. The molecule has 1 heterocycles. The van der Waals surface area contributed by atoms with Gasteiger partial charge in [-0.05, 0) is 66.6 Å². The van der Waals surface area contributed by atoms with Gasteiger partial charge in [0.1, 0.15) is 0 Å². The molecule has 1 aliphatic heterocycles. The van der Waals surface area contributed by atoms with Crippen LogP contribution in [0.2, 0.25) is 0 Å². The van der Waals surface area contributed by atoms with E-state index in [4.69, 9.17) is 0 Å². The highest BCUT2D eigenvalue weighted by atomic mass is 15.2. The van der Waals surface area contributed by atoms with E-state index in [0.29, 0.717) is 6.04 Å². The van der Waals surface area contributed by atoms with E-state index < -0.39 is 0 Å². The highest BCUT2D eigenvalue weighted by Crippen LogP contribution is 2.54. The topological polar surface area (TPSA) is 3.24 Å². The number of piperidine rings is 1. The zero-order valence-corrected chi connectivity index (χ0v) is 16.3. The Morgan fingerprint density at radius 2 is 1.56 bits per heavy atom. The summed E-state index contributed by atoms with van der Waals surface area (Å²) < 4.78 is 0. The SMILES string of the molecule is CC1CCN(C2CC2(Cc2cccc3ccccc23)c2ccccc2)CC1. The van der Waals surface area contributed by atoms with Gasteiger partial charge in [-0.1, -0.05) is 79.7 Å². The predicted molar refractivity (Wildman–Crippen MR) is 114 cm³/mol. The molecule has 0 amide bonds. The van der Waals surface area contributed by atoms with E-state index >= 15 is 0 Å². The molecule has 1 aliphatic carbocycles. The Labute approximate surface area is 163 Å². The van der Waals surface area contributed by atoms with Gasteiger partial charge in [-0.25, -0.2) is 0 Å². The fourth-order valence-corrected chi connectivity index (χ4v) is 5.26. The molecule has 1 nitrogen and oxygen atoms in total. The van der Waals surface area contributed by atoms with Gasteiger partial charge in [-0.2, -0.15) is 0 Å².